The molecule has 1 fully saturated rings. The number of rotatable bonds is 7. The second kappa shape index (κ2) is 9.34. The van der Waals surface area contributed by atoms with E-state index in [0.717, 1.165) is 0 Å². The lowest BCUT2D eigenvalue weighted by atomic mass is 10.2. The van der Waals surface area contributed by atoms with Crippen molar-refractivity contribution in [2.75, 3.05) is 40.0 Å². The van der Waals surface area contributed by atoms with Gasteiger partial charge in [0.25, 0.3) is 5.91 Å². The van der Waals surface area contributed by atoms with Crippen LogP contribution in [0.25, 0.3) is 0 Å². The number of carbonyl (C=O) groups excluding carboxylic acids is 1. The van der Waals surface area contributed by atoms with Gasteiger partial charge in [-0.25, -0.2) is 12.8 Å². The van der Waals surface area contributed by atoms with Crippen LogP contribution in [-0.2, 0) is 26.1 Å². The number of hydrogen-bond donors (Lipinski definition) is 0. The molecule has 0 aromatic heterocycles. The highest BCUT2D eigenvalue weighted by Gasteiger charge is 2.26. The third kappa shape index (κ3) is 5.31. The van der Waals surface area contributed by atoms with Crippen LogP contribution in [0, 0.1) is 5.82 Å². The van der Waals surface area contributed by atoms with E-state index < -0.39 is 10.0 Å². The van der Waals surface area contributed by atoms with Crippen LogP contribution in [0.2, 0.25) is 0 Å². The molecule has 1 amide bonds. The molecule has 156 valence electrons. The average molecular weight is 422 g/mol. The molecule has 9 heteroatoms. The Kier molecular flexibility index (Phi) is 6.83. The van der Waals surface area contributed by atoms with Crippen LogP contribution in [0.4, 0.5) is 4.39 Å². The zero-order valence-electron chi connectivity index (χ0n) is 16.1. The van der Waals surface area contributed by atoms with E-state index in [1.165, 1.54) is 39.5 Å². The number of morpholine rings is 1. The van der Waals surface area contributed by atoms with Gasteiger partial charge < -0.3 is 14.4 Å². The number of nitrogens with zero attached hydrogens (tertiary/aromatic N) is 2. The fraction of sp³-hybridized carbons (Fsp3) is 0.350. The van der Waals surface area contributed by atoms with Gasteiger partial charge in [0.15, 0.2) is 6.61 Å². The second-order valence-corrected chi connectivity index (χ2v) is 8.56. The summed E-state index contributed by atoms with van der Waals surface area (Å²) >= 11 is 0. The van der Waals surface area contributed by atoms with Gasteiger partial charge in [0, 0.05) is 32.2 Å². The predicted molar refractivity (Wildman–Crippen MR) is 104 cm³/mol. The van der Waals surface area contributed by atoms with E-state index in [1.807, 2.05) is 0 Å². The monoisotopic (exact) mass is 422 g/mol. The van der Waals surface area contributed by atoms with Crippen LogP contribution in [0.3, 0.4) is 0 Å². The molecule has 0 unspecified atom stereocenters. The smallest absolute Gasteiger partial charge is 0.260 e. The van der Waals surface area contributed by atoms with Crippen molar-refractivity contribution >= 4 is 15.9 Å². The summed E-state index contributed by atoms with van der Waals surface area (Å²) in [7, 11) is -2.01. The maximum Gasteiger partial charge on any atom is 0.260 e. The van der Waals surface area contributed by atoms with Crippen LogP contribution in [-0.4, -0.2) is 63.5 Å². The van der Waals surface area contributed by atoms with Gasteiger partial charge >= 0.3 is 0 Å². The summed E-state index contributed by atoms with van der Waals surface area (Å²) in [4.78, 5) is 13.8. The number of sulfonamides is 1. The number of ether oxygens (including phenoxy) is 2. The van der Waals surface area contributed by atoms with E-state index in [4.69, 9.17) is 9.47 Å². The first-order valence-corrected chi connectivity index (χ1v) is 10.6. The topological polar surface area (TPSA) is 76.2 Å². The molecule has 1 saturated heterocycles. The third-order valence-corrected chi connectivity index (χ3v) is 6.50. The Hall–Kier alpha value is -2.49. The SMILES string of the molecule is CN(Cc1ccccc1F)C(=O)COc1ccc(S(=O)(=O)N2CCOCC2)cc1. The zero-order valence-corrected chi connectivity index (χ0v) is 16.9. The molecule has 0 radical (unpaired) electrons. The van der Waals surface area contributed by atoms with Crippen LogP contribution >= 0.6 is 0 Å². The fourth-order valence-electron chi connectivity index (χ4n) is 2.87. The van der Waals surface area contributed by atoms with Crippen molar-refractivity contribution < 1.29 is 27.1 Å². The number of carbonyl (C=O) groups is 1. The largest absolute Gasteiger partial charge is 0.484 e. The predicted octanol–water partition coefficient (Wildman–Crippen LogP) is 1.88. The normalized spacial score (nSPS) is 15.1. The molecule has 7 nitrogen and oxygen atoms in total. The van der Waals surface area contributed by atoms with Gasteiger partial charge in [-0.05, 0) is 30.3 Å². The minimum atomic E-state index is -3.58. The first-order valence-electron chi connectivity index (χ1n) is 9.16. The summed E-state index contributed by atoms with van der Waals surface area (Å²) < 4.78 is 50.9. The molecule has 0 bridgehead atoms. The number of benzene rings is 2. The zero-order chi connectivity index (χ0) is 20.9. The molecule has 1 aliphatic heterocycles. The van der Waals surface area contributed by atoms with Crippen LogP contribution < -0.4 is 4.74 Å². The minimum Gasteiger partial charge on any atom is -0.484 e. The average Bonchev–Trinajstić information content (AvgIpc) is 2.74. The van der Waals surface area contributed by atoms with Crippen LogP contribution in [0.5, 0.6) is 5.75 Å². The van der Waals surface area contributed by atoms with Gasteiger partial charge in [0.05, 0.1) is 18.1 Å². The molecule has 2 aromatic carbocycles. The Morgan fingerprint density at radius 2 is 1.79 bits per heavy atom. The van der Waals surface area contributed by atoms with Crippen molar-refractivity contribution in [3.63, 3.8) is 0 Å². The van der Waals surface area contributed by atoms with Gasteiger partial charge in [-0.3, -0.25) is 4.79 Å². The van der Waals surface area contributed by atoms with E-state index in [-0.39, 0.29) is 29.8 Å². The van der Waals surface area contributed by atoms with E-state index in [0.29, 0.717) is 37.6 Å². The van der Waals surface area contributed by atoms with Crippen molar-refractivity contribution in [2.24, 2.45) is 0 Å². The van der Waals surface area contributed by atoms with Gasteiger partial charge in [-0.1, -0.05) is 18.2 Å². The quantitative estimate of drug-likeness (QED) is 0.681. The van der Waals surface area contributed by atoms with E-state index in [2.05, 4.69) is 0 Å². The number of amides is 1. The highest BCUT2D eigenvalue weighted by atomic mass is 32.2. The van der Waals surface area contributed by atoms with Crippen LogP contribution in [0.1, 0.15) is 5.56 Å². The van der Waals surface area contributed by atoms with Gasteiger partial charge in [0.2, 0.25) is 10.0 Å². The molecular formula is C20H23FN2O5S. The molecule has 1 heterocycles. The standard InChI is InChI=1S/C20H23FN2O5S/c1-22(14-16-4-2-3-5-19(16)21)20(24)15-28-17-6-8-18(9-7-17)29(25,26)23-10-12-27-13-11-23/h2-9H,10-15H2,1H3. The van der Waals surface area contributed by atoms with Crippen molar-refractivity contribution in [2.45, 2.75) is 11.4 Å². The van der Waals surface area contributed by atoms with Crippen molar-refractivity contribution in [3.05, 3.63) is 59.9 Å². The lowest BCUT2D eigenvalue weighted by Crippen LogP contribution is -2.40. The number of halogens is 1. The van der Waals surface area contributed by atoms with E-state index >= 15 is 0 Å². The highest BCUT2D eigenvalue weighted by molar-refractivity contribution is 7.89. The second-order valence-electron chi connectivity index (χ2n) is 6.62. The Morgan fingerprint density at radius 1 is 1.14 bits per heavy atom. The maximum atomic E-state index is 13.7. The van der Waals surface area contributed by atoms with Gasteiger partial charge in [0.1, 0.15) is 11.6 Å². The molecule has 29 heavy (non-hydrogen) atoms. The molecule has 1 aliphatic rings. The Bertz CT molecular complexity index is 944. The van der Waals surface area contributed by atoms with Crippen molar-refractivity contribution in [3.8, 4) is 5.75 Å². The first-order chi connectivity index (χ1) is 13.9. The van der Waals surface area contributed by atoms with Gasteiger partial charge in [-0.15, -0.1) is 0 Å². The first kappa shape index (κ1) is 21.2. The Labute approximate surface area is 169 Å². The summed E-state index contributed by atoms with van der Waals surface area (Å²) in [5, 5.41) is 0. The minimum absolute atomic E-state index is 0.131. The molecule has 2 aromatic rings. The van der Waals surface area contributed by atoms with E-state index in [9.17, 15) is 17.6 Å². The number of likely N-dealkylation sites (N-methyl/N-ethyl adjacent to an activating group) is 1. The molecule has 0 atom stereocenters. The summed E-state index contributed by atoms with van der Waals surface area (Å²) in [6, 6.07) is 12.2. The molecule has 0 aliphatic carbocycles. The third-order valence-electron chi connectivity index (χ3n) is 4.58. The molecule has 0 N–H and O–H groups in total. The Balaban J connectivity index is 1.55. The highest BCUT2D eigenvalue weighted by Crippen LogP contribution is 2.20. The summed E-state index contributed by atoms with van der Waals surface area (Å²) in [6.45, 7) is 1.30. The number of hydrogen-bond acceptors (Lipinski definition) is 5. The molecule has 0 spiro atoms. The van der Waals surface area contributed by atoms with E-state index in [1.54, 1.807) is 25.2 Å². The van der Waals surface area contributed by atoms with Crippen molar-refractivity contribution in [1.82, 2.24) is 9.21 Å². The molecule has 3 rings (SSSR count). The summed E-state index contributed by atoms with van der Waals surface area (Å²) in [5.74, 6) is -0.318. The lowest BCUT2D eigenvalue weighted by molar-refractivity contribution is -0.132. The Morgan fingerprint density at radius 3 is 2.45 bits per heavy atom. The van der Waals surface area contributed by atoms with Crippen LogP contribution in [0.15, 0.2) is 53.4 Å². The lowest BCUT2D eigenvalue weighted by Gasteiger charge is -2.26. The van der Waals surface area contributed by atoms with Gasteiger partial charge in [-0.2, -0.15) is 4.31 Å². The summed E-state index contributed by atoms with van der Waals surface area (Å²) in [6.07, 6.45) is 0. The molecular weight excluding hydrogens is 399 g/mol. The maximum absolute atomic E-state index is 13.7. The fourth-order valence-corrected chi connectivity index (χ4v) is 4.28. The summed E-state index contributed by atoms with van der Waals surface area (Å²) in [5.41, 5.74) is 0.418. The van der Waals surface area contributed by atoms with Crippen molar-refractivity contribution in [1.29, 1.82) is 0 Å². The molecule has 0 saturated carbocycles.